The van der Waals surface area contributed by atoms with Gasteiger partial charge in [0, 0.05) is 18.8 Å². The van der Waals surface area contributed by atoms with Gasteiger partial charge in [-0.05, 0) is 29.3 Å². The van der Waals surface area contributed by atoms with Crippen LogP contribution in [-0.2, 0) is 23.1 Å². The second kappa shape index (κ2) is 9.11. The molecule has 0 saturated heterocycles. The van der Waals surface area contributed by atoms with Gasteiger partial charge in [-0.25, -0.2) is 8.42 Å². The van der Waals surface area contributed by atoms with E-state index in [-0.39, 0.29) is 10.9 Å². The summed E-state index contributed by atoms with van der Waals surface area (Å²) < 4.78 is 25.2. The molecule has 0 aliphatic rings. The maximum atomic E-state index is 13.3. The van der Waals surface area contributed by atoms with E-state index in [4.69, 9.17) is 11.6 Å². The van der Waals surface area contributed by atoms with Crippen molar-refractivity contribution in [1.29, 1.82) is 0 Å². The highest BCUT2D eigenvalue weighted by molar-refractivity contribution is 7.92. The van der Waals surface area contributed by atoms with E-state index in [9.17, 15) is 13.2 Å². The molecule has 1 N–H and O–H groups in total. The van der Waals surface area contributed by atoms with Crippen LogP contribution in [0, 0.1) is 0 Å². The van der Waals surface area contributed by atoms with Gasteiger partial charge in [0.25, 0.3) is 5.91 Å². The molecule has 0 bridgehead atoms. The molecular formula is C22H21ClN2O3S. The van der Waals surface area contributed by atoms with Gasteiger partial charge in [-0.2, -0.15) is 0 Å². The molecule has 0 saturated carbocycles. The summed E-state index contributed by atoms with van der Waals surface area (Å²) in [7, 11) is -3.43. The predicted octanol–water partition coefficient (Wildman–Crippen LogP) is 4.55. The Bertz CT molecular complexity index is 1050. The van der Waals surface area contributed by atoms with E-state index < -0.39 is 10.0 Å². The van der Waals surface area contributed by atoms with Crippen molar-refractivity contribution in [2.24, 2.45) is 0 Å². The summed E-state index contributed by atoms with van der Waals surface area (Å²) in [6.45, 7) is 0.850. The van der Waals surface area contributed by atoms with Crippen LogP contribution in [0.25, 0.3) is 0 Å². The van der Waals surface area contributed by atoms with Crippen LogP contribution in [0.3, 0.4) is 0 Å². The third-order valence-electron chi connectivity index (χ3n) is 4.22. The smallest absolute Gasteiger partial charge is 0.255 e. The van der Waals surface area contributed by atoms with Crippen LogP contribution in [0.1, 0.15) is 21.5 Å². The van der Waals surface area contributed by atoms with Crippen LogP contribution in [0.5, 0.6) is 0 Å². The number of carbonyl (C=O) groups excluding carboxylic acids is 1. The normalized spacial score (nSPS) is 11.1. The third-order valence-corrected chi connectivity index (χ3v) is 5.14. The van der Waals surface area contributed by atoms with E-state index in [0.717, 1.165) is 17.4 Å². The number of nitrogens with one attached hydrogen (secondary N) is 1. The molecule has 7 heteroatoms. The van der Waals surface area contributed by atoms with E-state index in [2.05, 4.69) is 4.72 Å². The summed E-state index contributed by atoms with van der Waals surface area (Å²) >= 11 is 6.32. The van der Waals surface area contributed by atoms with Crippen molar-refractivity contribution in [3.05, 3.63) is 101 Å². The molecule has 0 fully saturated rings. The molecule has 0 aliphatic carbocycles. The highest BCUT2D eigenvalue weighted by Crippen LogP contribution is 2.24. The maximum absolute atomic E-state index is 13.3. The van der Waals surface area contributed by atoms with Gasteiger partial charge in [-0.3, -0.25) is 9.52 Å². The summed E-state index contributed by atoms with van der Waals surface area (Å²) in [5.41, 5.74) is 2.64. The number of amides is 1. The number of carbonyl (C=O) groups is 1. The van der Waals surface area contributed by atoms with E-state index in [0.29, 0.717) is 24.3 Å². The maximum Gasteiger partial charge on any atom is 0.255 e. The predicted molar refractivity (Wildman–Crippen MR) is 116 cm³/mol. The van der Waals surface area contributed by atoms with Crippen LogP contribution in [0.4, 0.5) is 5.69 Å². The number of halogens is 1. The Hall–Kier alpha value is -2.83. The lowest BCUT2D eigenvalue weighted by molar-refractivity contribution is 0.0730. The minimum absolute atomic E-state index is 0.190. The van der Waals surface area contributed by atoms with Crippen LogP contribution in [-0.4, -0.2) is 25.5 Å². The fraction of sp³-hybridized carbons (Fsp3) is 0.136. The average molecular weight is 429 g/mol. The van der Waals surface area contributed by atoms with Crippen LogP contribution >= 0.6 is 11.6 Å². The fourth-order valence-corrected chi connectivity index (χ4v) is 3.76. The number of hydrogen-bond acceptors (Lipinski definition) is 3. The number of hydrogen-bond donors (Lipinski definition) is 1. The van der Waals surface area contributed by atoms with Crippen LogP contribution in [0.2, 0.25) is 5.02 Å². The summed E-state index contributed by atoms with van der Waals surface area (Å²) in [6, 6.07) is 23.9. The van der Waals surface area contributed by atoms with Gasteiger partial charge in [-0.15, -0.1) is 0 Å². The summed E-state index contributed by atoms with van der Waals surface area (Å²) in [6.07, 6.45) is 1.06. The van der Waals surface area contributed by atoms with Crippen molar-refractivity contribution < 1.29 is 13.2 Å². The Balaban J connectivity index is 1.89. The van der Waals surface area contributed by atoms with Crippen molar-refractivity contribution in [3.63, 3.8) is 0 Å². The molecule has 0 unspecified atom stereocenters. The van der Waals surface area contributed by atoms with Gasteiger partial charge in [0.05, 0.1) is 16.8 Å². The van der Waals surface area contributed by atoms with E-state index in [1.165, 1.54) is 12.1 Å². The second-order valence-electron chi connectivity index (χ2n) is 6.70. The first kappa shape index (κ1) is 20.9. The van der Waals surface area contributed by atoms with Gasteiger partial charge in [0.1, 0.15) is 0 Å². The molecule has 0 aliphatic heterocycles. The summed E-state index contributed by atoms with van der Waals surface area (Å²) in [5, 5.41) is 0.190. The van der Waals surface area contributed by atoms with E-state index >= 15 is 0 Å². The molecule has 3 aromatic carbocycles. The van der Waals surface area contributed by atoms with Crippen LogP contribution in [0.15, 0.2) is 78.9 Å². The zero-order valence-electron chi connectivity index (χ0n) is 15.9. The van der Waals surface area contributed by atoms with Crippen molar-refractivity contribution in [2.75, 3.05) is 11.0 Å². The first-order valence-corrected chi connectivity index (χ1v) is 11.2. The third kappa shape index (κ3) is 6.07. The molecule has 150 valence electrons. The SMILES string of the molecule is CS(=O)(=O)Nc1ccc(C(=O)N(Cc2ccccc2)Cc2ccccc2)c(Cl)c1. The number of anilines is 1. The Kier molecular flexibility index (Phi) is 6.56. The molecule has 5 nitrogen and oxygen atoms in total. The van der Waals surface area contributed by atoms with E-state index in [1.807, 2.05) is 60.7 Å². The molecule has 0 spiro atoms. The first-order chi connectivity index (χ1) is 13.8. The largest absolute Gasteiger partial charge is 0.330 e. The summed E-state index contributed by atoms with van der Waals surface area (Å²) in [4.78, 5) is 15.0. The van der Waals surface area contributed by atoms with Crippen molar-refractivity contribution in [1.82, 2.24) is 4.90 Å². The molecule has 1 amide bonds. The Morgan fingerprint density at radius 3 is 1.86 bits per heavy atom. The Labute approximate surface area is 176 Å². The van der Waals surface area contributed by atoms with Gasteiger partial charge >= 0.3 is 0 Å². The number of sulfonamides is 1. The standard InChI is InChI=1S/C22H21ClN2O3S/c1-29(27,28)24-19-12-13-20(21(23)14-19)22(26)25(15-17-8-4-2-5-9-17)16-18-10-6-3-7-11-18/h2-14,24H,15-16H2,1H3. The topological polar surface area (TPSA) is 66.5 Å². The molecule has 0 radical (unpaired) electrons. The van der Waals surface area contributed by atoms with Crippen molar-refractivity contribution in [2.45, 2.75) is 13.1 Å². The highest BCUT2D eigenvalue weighted by atomic mass is 35.5. The Morgan fingerprint density at radius 2 is 1.41 bits per heavy atom. The molecule has 3 aromatic rings. The minimum atomic E-state index is -3.43. The molecule has 0 heterocycles. The molecule has 0 atom stereocenters. The lowest BCUT2D eigenvalue weighted by Gasteiger charge is -2.24. The van der Waals surface area contributed by atoms with Gasteiger partial charge in [-0.1, -0.05) is 72.3 Å². The van der Waals surface area contributed by atoms with Crippen molar-refractivity contribution in [3.8, 4) is 0 Å². The average Bonchev–Trinajstić information content (AvgIpc) is 2.67. The second-order valence-corrected chi connectivity index (χ2v) is 8.86. The molecule has 3 rings (SSSR count). The lowest BCUT2D eigenvalue weighted by atomic mass is 10.1. The molecular weight excluding hydrogens is 408 g/mol. The minimum Gasteiger partial charge on any atom is -0.330 e. The number of rotatable bonds is 7. The Morgan fingerprint density at radius 1 is 0.897 bits per heavy atom. The monoisotopic (exact) mass is 428 g/mol. The zero-order chi connectivity index (χ0) is 20.9. The fourth-order valence-electron chi connectivity index (χ4n) is 2.94. The number of nitrogens with zero attached hydrogens (tertiary/aromatic N) is 1. The lowest BCUT2D eigenvalue weighted by Crippen LogP contribution is -2.30. The molecule has 29 heavy (non-hydrogen) atoms. The van der Waals surface area contributed by atoms with E-state index in [1.54, 1.807) is 11.0 Å². The quantitative estimate of drug-likeness (QED) is 0.600. The van der Waals surface area contributed by atoms with Crippen LogP contribution < -0.4 is 4.72 Å². The van der Waals surface area contributed by atoms with Gasteiger partial charge in [0.15, 0.2) is 0 Å². The van der Waals surface area contributed by atoms with Crippen molar-refractivity contribution >= 4 is 33.2 Å². The highest BCUT2D eigenvalue weighted by Gasteiger charge is 2.20. The first-order valence-electron chi connectivity index (χ1n) is 8.96. The summed E-state index contributed by atoms with van der Waals surface area (Å²) in [5.74, 6) is -0.228. The van der Waals surface area contributed by atoms with Gasteiger partial charge in [0.2, 0.25) is 10.0 Å². The molecule has 0 aromatic heterocycles. The van der Waals surface area contributed by atoms with Gasteiger partial charge < -0.3 is 4.90 Å². The zero-order valence-corrected chi connectivity index (χ0v) is 17.5. The number of benzene rings is 3.